The molecule has 148 valence electrons. The van der Waals surface area contributed by atoms with E-state index in [0.29, 0.717) is 17.0 Å². The van der Waals surface area contributed by atoms with Crippen LogP contribution in [0.2, 0.25) is 0 Å². The fraction of sp³-hybridized carbons (Fsp3) is 0.250. The molecule has 0 unspecified atom stereocenters. The molecule has 2 aromatic rings. The van der Waals surface area contributed by atoms with Gasteiger partial charge in [0.2, 0.25) is 11.8 Å². The molecule has 7 nitrogen and oxygen atoms in total. The Labute approximate surface area is 162 Å². The van der Waals surface area contributed by atoms with Crippen molar-refractivity contribution < 1.29 is 23.5 Å². The van der Waals surface area contributed by atoms with Crippen molar-refractivity contribution in [2.24, 2.45) is 0 Å². The number of hydrogen-bond donors (Lipinski definition) is 3. The third-order valence-corrected chi connectivity index (χ3v) is 3.79. The normalized spacial score (nSPS) is 10.1. The Hall–Kier alpha value is -3.42. The predicted molar refractivity (Wildman–Crippen MR) is 103 cm³/mol. The van der Waals surface area contributed by atoms with Crippen molar-refractivity contribution >= 4 is 23.4 Å². The molecule has 0 bridgehead atoms. The van der Waals surface area contributed by atoms with Crippen LogP contribution < -0.4 is 20.7 Å². The monoisotopic (exact) mass is 387 g/mol. The van der Waals surface area contributed by atoms with Crippen LogP contribution in [0.25, 0.3) is 0 Å². The number of nitrogens with one attached hydrogen (secondary N) is 3. The fourth-order valence-corrected chi connectivity index (χ4v) is 2.29. The van der Waals surface area contributed by atoms with E-state index in [1.54, 1.807) is 31.4 Å². The van der Waals surface area contributed by atoms with E-state index in [1.807, 2.05) is 0 Å². The molecule has 8 heteroatoms. The zero-order valence-corrected chi connectivity index (χ0v) is 15.5. The molecule has 0 fully saturated rings. The van der Waals surface area contributed by atoms with Crippen molar-refractivity contribution in [2.75, 3.05) is 25.5 Å². The van der Waals surface area contributed by atoms with E-state index in [-0.39, 0.29) is 49.5 Å². The number of rotatable bonds is 9. The van der Waals surface area contributed by atoms with E-state index < -0.39 is 0 Å². The van der Waals surface area contributed by atoms with Crippen molar-refractivity contribution in [1.29, 1.82) is 0 Å². The lowest BCUT2D eigenvalue weighted by atomic mass is 10.2. The number of carbonyl (C=O) groups is 3. The van der Waals surface area contributed by atoms with Crippen molar-refractivity contribution in [1.82, 2.24) is 10.6 Å². The summed E-state index contributed by atoms with van der Waals surface area (Å²) in [5.41, 5.74) is 0.956. The molecule has 0 aliphatic rings. The van der Waals surface area contributed by atoms with Gasteiger partial charge in [-0.15, -0.1) is 0 Å². The summed E-state index contributed by atoms with van der Waals surface area (Å²) in [7, 11) is 1.54. The minimum atomic E-state index is -0.385. The number of methoxy groups -OCH3 is 1. The van der Waals surface area contributed by atoms with Gasteiger partial charge in [-0.05, 0) is 48.5 Å². The number of hydrogen-bond acceptors (Lipinski definition) is 4. The van der Waals surface area contributed by atoms with Crippen LogP contribution >= 0.6 is 0 Å². The van der Waals surface area contributed by atoms with Crippen molar-refractivity contribution in [3.05, 3.63) is 59.9 Å². The third kappa shape index (κ3) is 7.06. The topological polar surface area (TPSA) is 96.5 Å². The van der Waals surface area contributed by atoms with Crippen molar-refractivity contribution in [3.8, 4) is 5.75 Å². The van der Waals surface area contributed by atoms with Crippen LogP contribution in [0.3, 0.4) is 0 Å². The predicted octanol–water partition coefficient (Wildman–Crippen LogP) is 2.10. The maximum Gasteiger partial charge on any atom is 0.251 e. The lowest BCUT2D eigenvalue weighted by Crippen LogP contribution is -2.32. The lowest BCUT2D eigenvalue weighted by Gasteiger charge is -2.08. The highest BCUT2D eigenvalue weighted by molar-refractivity contribution is 5.94. The van der Waals surface area contributed by atoms with E-state index >= 15 is 0 Å². The molecule has 2 aromatic carbocycles. The summed E-state index contributed by atoms with van der Waals surface area (Å²) in [6.45, 7) is 0.344. The average molecular weight is 387 g/mol. The maximum atomic E-state index is 12.8. The number of benzene rings is 2. The first kappa shape index (κ1) is 20.9. The van der Waals surface area contributed by atoms with Crippen molar-refractivity contribution in [3.63, 3.8) is 0 Å². The Kier molecular flexibility index (Phi) is 7.95. The molecular weight excluding hydrogens is 365 g/mol. The molecule has 0 aliphatic carbocycles. The van der Waals surface area contributed by atoms with E-state index in [2.05, 4.69) is 16.0 Å². The van der Waals surface area contributed by atoms with Crippen LogP contribution in [0, 0.1) is 5.82 Å². The molecule has 0 spiro atoms. The van der Waals surface area contributed by atoms with Gasteiger partial charge in [-0.3, -0.25) is 14.4 Å². The molecule has 0 radical (unpaired) electrons. The fourth-order valence-electron chi connectivity index (χ4n) is 2.29. The summed E-state index contributed by atoms with van der Waals surface area (Å²) in [4.78, 5) is 35.5. The summed E-state index contributed by atoms with van der Waals surface area (Å²) in [6, 6.07) is 12.0. The summed E-state index contributed by atoms with van der Waals surface area (Å²) >= 11 is 0. The summed E-state index contributed by atoms with van der Waals surface area (Å²) in [6.07, 6.45) is 0.183. The zero-order chi connectivity index (χ0) is 20.4. The largest absolute Gasteiger partial charge is 0.497 e. The maximum absolute atomic E-state index is 12.8. The number of carbonyl (C=O) groups excluding carboxylic acids is 3. The van der Waals surface area contributed by atoms with Gasteiger partial charge < -0.3 is 20.7 Å². The standard InChI is InChI=1S/C20H22FN3O4/c1-28-17-8-2-14(3-9-17)20(27)23-13-10-18(25)22-12-11-19(26)24-16-6-4-15(21)5-7-16/h2-9H,10-13H2,1H3,(H,22,25)(H,23,27)(H,24,26). The number of anilines is 1. The Balaban J connectivity index is 1.60. The second-order valence-electron chi connectivity index (χ2n) is 5.89. The van der Waals surface area contributed by atoms with Crippen LogP contribution in [-0.4, -0.2) is 37.9 Å². The first-order valence-corrected chi connectivity index (χ1v) is 8.72. The van der Waals surface area contributed by atoms with E-state index in [4.69, 9.17) is 4.74 Å². The van der Waals surface area contributed by atoms with Gasteiger partial charge in [-0.1, -0.05) is 0 Å². The highest BCUT2D eigenvalue weighted by atomic mass is 19.1. The minimum Gasteiger partial charge on any atom is -0.497 e. The van der Waals surface area contributed by atoms with Crippen LogP contribution in [-0.2, 0) is 9.59 Å². The van der Waals surface area contributed by atoms with Gasteiger partial charge >= 0.3 is 0 Å². The first-order chi connectivity index (χ1) is 13.5. The van der Waals surface area contributed by atoms with Crippen molar-refractivity contribution in [2.45, 2.75) is 12.8 Å². The van der Waals surface area contributed by atoms with Gasteiger partial charge in [0, 0.05) is 37.2 Å². The van der Waals surface area contributed by atoms with Gasteiger partial charge in [-0.25, -0.2) is 4.39 Å². The highest BCUT2D eigenvalue weighted by Gasteiger charge is 2.08. The van der Waals surface area contributed by atoms with Gasteiger partial charge in [0.15, 0.2) is 0 Å². The lowest BCUT2D eigenvalue weighted by molar-refractivity contribution is -0.121. The van der Waals surface area contributed by atoms with E-state index in [0.717, 1.165) is 0 Å². The Bertz CT molecular complexity index is 807. The molecule has 3 amide bonds. The molecule has 0 aromatic heterocycles. The van der Waals surface area contributed by atoms with Gasteiger partial charge in [-0.2, -0.15) is 0 Å². The molecule has 28 heavy (non-hydrogen) atoms. The first-order valence-electron chi connectivity index (χ1n) is 8.72. The summed E-state index contributed by atoms with van der Waals surface area (Å²) < 4.78 is 17.8. The Morgan fingerprint density at radius 3 is 2.11 bits per heavy atom. The molecule has 3 N–H and O–H groups in total. The average Bonchev–Trinajstić information content (AvgIpc) is 2.69. The Morgan fingerprint density at radius 2 is 1.46 bits per heavy atom. The SMILES string of the molecule is COc1ccc(C(=O)NCCC(=O)NCCC(=O)Nc2ccc(F)cc2)cc1. The number of halogens is 1. The summed E-state index contributed by atoms with van der Waals surface area (Å²) in [5.74, 6) is -0.581. The van der Waals surface area contributed by atoms with Crippen LogP contribution in [0.4, 0.5) is 10.1 Å². The Morgan fingerprint density at radius 1 is 0.857 bits per heavy atom. The molecule has 2 rings (SSSR count). The second-order valence-corrected chi connectivity index (χ2v) is 5.89. The smallest absolute Gasteiger partial charge is 0.251 e. The summed E-state index contributed by atoms with van der Waals surface area (Å²) in [5, 5.41) is 7.87. The molecule has 0 saturated heterocycles. The zero-order valence-electron chi connectivity index (χ0n) is 15.5. The van der Waals surface area contributed by atoms with Gasteiger partial charge in [0.1, 0.15) is 11.6 Å². The van der Waals surface area contributed by atoms with Crippen LogP contribution in [0.15, 0.2) is 48.5 Å². The van der Waals surface area contributed by atoms with Crippen LogP contribution in [0.1, 0.15) is 23.2 Å². The molecule has 0 atom stereocenters. The molecule has 0 saturated carbocycles. The molecular formula is C20H22FN3O4. The third-order valence-electron chi connectivity index (χ3n) is 3.79. The minimum absolute atomic E-state index is 0.0846. The highest BCUT2D eigenvalue weighted by Crippen LogP contribution is 2.11. The van der Waals surface area contributed by atoms with E-state index in [1.165, 1.54) is 24.3 Å². The second kappa shape index (κ2) is 10.7. The van der Waals surface area contributed by atoms with E-state index in [9.17, 15) is 18.8 Å². The quantitative estimate of drug-likeness (QED) is 0.614. The number of ether oxygens (including phenoxy) is 1. The van der Waals surface area contributed by atoms with Gasteiger partial charge in [0.05, 0.1) is 7.11 Å². The molecule has 0 heterocycles. The number of amides is 3. The molecule has 0 aliphatic heterocycles. The van der Waals surface area contributed by atoms with Gasteiger partial charge in [0.25, 0.3) is 5.91 Å². The van der Waals surface area contributed by atoms with Crippen LogP contribution in [0.5, 0.6) is 5.75 Å².